The largest absolute Gasteiger partial charge is 0.363 e. The predicted octanol–water partition coefficient (Wildman–Crippen LogP) is 6.03. The molecule has 0 bridgehead atoms. The Kier molecular flexibility index (Phi) is 6.67. The lowest BCUT2D eigenvalue weighted by Crippen LogP contribution is -2.41. The Morgan fingerprint density at radius 1 is 1.21 bits per heavy atom. The van der Waals surface area contributed by atoms with Crippen LogP contribution in [0.25, 0.3) is 0 Å². The fraction of sp³-hybridized carbons (Fsp3) is 0.684. The summed E-state index contributed by atoms with van der Waals surface area (Å²) in [6, 6.07) is 5.85. The van der Waals surface area contributed by atoms with Crippen molar-refractivity contribution in [2.75, 3.05) is 11.4 Å². The zero-order valence-corrected chi connectivity index (χ0v) is 16.8. The molecule has 4 nitrogen and oxygen atoms in total. The molecule has 5 heteroatoms. The molecule has 0 aliphatic heterocycles. The van der Waals surface area contributed by atoms with Crippen LogP contribution in [0.4, 0.5) is 11.4 Å². The van der Waals surface area contributed by atoms with Gasteiger partial charge in [0.2, 0.25) is 0 Å². The van der Waals surface area contributed by atoms with Gasteiger partial charge in [0, 0.05) is 23.1 Å². The molecule has 0 atom stereocenters. The summed E-state index contributed by atoms with van der Waals surface area (Å²) in [7, 11) is 0. The van der Waals surface area contributed by atoms with Crippen molar-refractivity contribution in [1.82, 2.24) is 0 Å². The Balaban J connectivity index is 2.28. The number of anilines is 1. The molecular formula is C19H29BrN2O2. The number of hydrogen-bond donors (Lipinski definition) is 0. The van der Waals surface area contributed by atoms with E-state index in [4.69, 9.17) is 0 Å². The van der Waals surface area contributed by atoms with E-state index >= 15 is 0 Å². The zero-order valence-electron chi connectivity index (χ0n) is 15.2. The highest BCUT2D eigenvalue weighted by Crippen LogP contribution is 2.38. The van der Waals surface area contributed by atoms with E-state index in [1.54, 1.807) is 6.07 Å². The van der Waals surface area contributed by atoms with Crippen LogP contribution in [-0.4, -0.2) is 17.5 Å². The van der Waals surface area contributed by atoms with E-state index in [0.29, 0.717) is 12.0 Å². The summed E-state index contributed by atoms with van der Waals surface area (Å²) in [5.41, 5.74) is 0.973. The molecule has 1 saturated carbocycles. The van der Waals surface area contributed by atoms with Crippen LogP contribution < -0.4 is 4.90 Å². The maximum absolute atomic E-state index is 11.5. The molecule has 0 unspecified atom stereocenters. The molecule has 2 rings (SSSR count). The molecule has 0 spiro atoms. The molecule has 0 radical (unpaired) electrons. The van der Waals surface area contributed by atoms with Crippen LogP contribution in [0.5, 0.6) is 0 Å². The monoisotopic (exact) mass is 396 g/mol. The highest BCUT2D eigenvalue weighted by atomic mass is 79.9. The van der Waals surface area contributed by atoms with Gasteiger partial charge in [0.25, 0.3) is 5.69 Å². The summed E-state index contributed by atoms with van der Waals surface area (Å²) in [6.45, 7) is 9.82. The Hall–Kier alpha value is -1.10. The predicted molar refractivity (Wildman–Crippen MR) is 104 cm³/mol. The smallest absolute Gasteiger partial charge is 0.293 e. The molecule has 0 N–H and O–H groups in total. The molecule has 1 aromatic carbocycles. The van der Waals surface area contributed by atoms with Crippen molar-refractivity contribution in [2.24, 2.45) is 17.8 Å². The average Bonchev–Trinajstić information content (AvgIpc) is 2.52. The van der Waals surface area contributed by atoms with Gasteiger partial charge < -0.3 is 4.90 Å². The van der Waals surface area contributed by atoms with Crippen LogP contribution in [0.2, 0.25) is 0 Å². The Morgan fingerprint density at radius 3 is 2.33 bits per heavy atom. The van der Waals surface area contributed by atoms with E-state index in [0.717, 1.165) is 41.4 Å². The average molecular weight is 397 g/mol. The first-order chi connectivity index (χ1) is 11.3. The lowest BCUT2D eigenvalue weighted by atomic mass is 9.79. The van der Waals surface area contributed by atoms with Crippen molar-refractivity contribution in [3.8, 4) is 0 Å². The van der Waals surface area contributed by atoms with E-state index in [1.807, 2.05) is 12.1 Å². The standard InChI is InChI=1S/C19H29BrN2O2/c1-13(2)12-21(17-8-5-15(6-9-17)14(3)4)18-10-7-16(20)11-19(18)22(23)24/h7,10-11,13-15,17H,5-6,8-9,12H2,1-4H3. The lowest BCUT2D eigenvalue weighted by Gasteiger charge is -2.40. The third-order valence-corrected chi connectivity index (χ3v) is 5.62. The van der Waals surface area contributed by atoms with E-state index in [1.165, 1.54) is 12.8 Å². The molecular weight excluding hydrogens is 368 g/mol. The Labute approximate surface area is 153 Å². The van der Waals surface area contributed by atoms with Crippen molar-refractivity contribution in [1.29, 1.82) is 0 Å². The molecule has 24 heavy (non-hydrogen) atoms. The topological polar surface area (TPSA) is 46.4 Å². The third-order valence-electron chi connectivity index (χ3n) is 5.13. The van der Waals surface area contributed by atoms with Crippen molar-refractivity contribution in [2.45, 2.75) is 59.4 Å². The second-order valence-electron chi connectivity index (χ2n) is 7.75. The highest BCUT2D eigenvalue weighted by molar-refractivity contribution is 9.10. The van der Waals surface area contributed by atoms with Crippen LogP contribution in [0.1, 0.15) is 53.4 Å². The maximum Gasteiger partial charge on any atom is 0.293 e. The molecule has 0 amide bonds. The molecule has 0 aromatic heterocycles. The van der Waals surface area contributed by atoms with Gasteiger partial charge in [0.15, 0.2) is 0 Å². The van der Waals surface area contributed by atoms with Gasteiger partial charge in [-0.3, -0.25) is 10.1 Å². The van der Waals surface area contributed by atoms with Gasteiger partial charge in [0.05, 0.1) is 4.92 Å². The van der Waals surface area contributed by atoms with Crippen LogP contribution in [-0.2, 0) is 0 Å². The minimum Gasteiger partial charge on any atom is -0.363 e. The summed E-state index contributed by atoms with van der Waals surface area (Å²) in [5, 5.41) is 11.5. The van der Waals surface area contributed by atoms with E-state index in [2.05, 4.69) is 48.5 Å². The quantitative estimate of drug-likeness (QED) is 0.435. The van der Waals surface area contributed by atoms with Gasteiger partial charge in [0.1, 0.15) is 5.69 Å². The van der Waals surface area contributed by atoms with Gasteiger partial charge >= 0.3 is 0 Å². The summed E-state index contributed by atoms with van der Waals surface area (Å²) >= 11 is 3.36. The maximum atomic E-state index is 11.5. The number of nitro groups is 1. The van der Waals surface area contributed by atoms with Crippen LogP contribution in [0, 0.1) is 27.9 Å². The lowest BCUT2D eigenvalue weighted by molar-refractivity contribution is -0.384. The van der Waals surface area contributed by atoms with Crippen LogP contribution in [0.3, 0.4) is 0 Å². The van der Waals surface area contributed by atoms with E-state index in [9.17, 15) is 10.1 Å². The fourth-order valence-corrected chi connectivity index (χ4v) is 4.15. The number of rotatable bonds is 6. The van der Waals surface area contributed by atoms with E-state index in [-0.39, 0.29) is 10.6 Å². The van der Waals surface area contributed by atoms with Gasteiger partial charge in [-0.1, -0.05) is 43.6 Å². The molecule has 1 aliphatic rings. The summed E-state index contributed by atoms with van der Waals surface area (Å²) in [6.07, 6.45) is 4.70. The SMILES string of the molecule is CC(C)CN(c1ccc(Br)cc1[N+](=O)[O-])C1CCC(C(C)C)CC1. The first kappa shape index (κ1) is 19.2. The third kappa shape index (κ3) is 4.71. The molecule has 134 valence electrons. The summed E-state index contributed by atoms with van der Waals surface area (Å²) in [5.74, 6) is 1.99. The Morgan fingerprint density at radius 2 is 1.83 bits per heavy atom. The van der Waals surface area contributed by atoms with Crippen molar-refractivity contribution >= 4 is 27.3 Å². The summed E-state index contributed by atoms with van der Waals surface area (Å²) in [4.78, 5) is 13.6. The first-order valence-corrected chi connectivity index (χ1v) is 9.79. The van der Waals surface area contributed by atoms with Gasteiger partial charge in [-0.05, 0) is 55.6 Å². The number of benzene rings is 1. The summed E-state index contributed by atoms with van der Waals surface area (Å²) < 4.78 is 0.756. The number of nitro benzene ring substituents is 1. The second-order valence-corrected chi connectivity index (χ2v) is 8.66. The number of hydrogen-bond acceptors (Lipinski definition) is 3. The second kappa shape index (κ2) is 8.32. The number of nitrogens with zero attached hydrogens (tertiary/aromatic N) is 2. The minimum atomic E-state index is -0.257. The van der Waals surface area contributed by atoms with Crippen molar-refractivity contribution in [3.05, 3.63) is 32.8 Å². The molecule has 1 fully saturated rings. The highest BCUT2D eigenvalue weighted by Gasteiger charge is 2.31. The first-order valence-electron chi connectivity index (χ1n) is 9.00. The van der Waals surface area contributed by atoms with Crippen molar-refractivity contribution < 1.29 is 4.92 Å². The van der Waals surface area contributed by atoms with Crippen LogP contribution >= 0.6 is 15.9 Å². The molecule has 1 aromatic rings. The molecule has 0 heterocycles. The molecule has 0 saturated heterocycles. The zero-order chi connectivity index (χ0) is 17.9. The van der Waals surface area contributed by atoms with Gasteiger partial charge in [-0.25, -0.2) is 0 Å². The van der Waals surface area contributed by atoms with Crippen molar-refractivity contribution in [3.63, 3.8) is 0 Å². The van der Waals surface area contributed by atoms with Crippen LogP contribution in [0.15, 0.2) is 22.7 Å². The van der Waals surface area contributed by atoms with Gasteiger partial charge in [-0.15, -0.1) is 0 Å². The van der Waals surface area contributed by atoms with Gasteiger partial charge in [-0.2, -0.15) is 0 Å². The minimum absolute atomic E-state index is 0.205. The normalized spacial score (nSPS) is 21.3. The van der Waals surface area contributed by atoms with E-state index < -0.39 is 0 Å². The fourth-order valence-electron chi connectivity index (χ4n) is 3.80. The number of halogens is 1. The Bertz CT molecular complexity index is 566. The molecule has 1 aliphatic carbocycles.